The molecule has 0 saturated heterocycles. The number of carbonyl (C=O) groups excluding carboxylic acids is 2. The van der Waals surface area contributed by atoms with Gasteiger partial charge in [-0.3, -0.25) is 0 Å². The van der Waals surface area contributed by atoms with Crippen molar-refractivity contribution in [1.82, 2.24) is 0 Å². The maximum atomic E-state index is 11.8. The predicted molar refractivity (Wildman–Crippen MR) is 69.2 cm³/mol. The molecule has 0 aliphatic carbocycles. The molecule has 0 fully saturated rings. The van der Waals surface area contributed by atoms with Gasteiger partial charge in [-0.25, -0.2) is 9.59 Å². The number of ether oxygens (including phenoxy) is 3. The van der Waals surface area contributed by atoms with Crippen LogP contribution < -0.4 is 0 Å². The number of esters is 2. The fourth-order valence-electron chi connectivity index (χ4n) is 1.77. The van der Waals surface area contributed by atoms with Crippen LogP contribution in [0.2, 0.25) is 0 Å². The Bertz CT molecular complexity index is 552. The Morgan fingerprint density at radius 1 is 1.10 bits per heavy atom. The first kappa shape index (κ1) is 16.7. The van der Waals surface area contributed by atoms with Gasteiger partial charge in [-0.05, 0) is 11.6 Å². The van der Waals surface area contributed by atoms with E-state index in [-0.39, 0.29) is 17.5 Å². The summed E-state index contributed by atoms with van der Waals surface area (Å²) in [6.45, 7) is 0. The molecule has 1 rings (SSSR count). The molecule has 1 aromatic rings. The van der Waals surface area contributed by atoms with E-state index in [1.54, 1.807) is 0 Å². The molecule has 0 radical (unpaired) electrons. The zero-order chi connectivity index (χ0) is 16.2. The summed E-state index contributed by atoms with van der Waals surface area (Å²) in [6.07, 6.45) is -1.47. The fourth-order valence-corrected chi connectivity index (χ4v) is 1.77. The molecule has 8 nitrogen and oxygen atoms in total. The minimum atomic E-state index is -1.27. The molecule has 1 aromatic carbocycles. The van der Waals surface area contributed by atoms with Gasteiger partial charge in [-0.15, -0.1) is 0 Å². The fraction of sp³-hybridized carbons (Fsp3) is 0.385. The maximum absolute atomic E-state index is 11.8. The molecule has 8 heteroatoms. The average molecular weight is 300 g/mol. The van der Waals surface area contributed by atoms with E-state index in [4.69, 9.17) is 0 Å². The molecular formula is C13H16O8. The summed E-state index contributed by atoms with van der Waals surface area (Å²) in [6, 6.07) is 1.06. The van der Waals surface area contributed by atoms with Crippen LogP contribution in [0.15, 0.2) is 6.07 Å². The van der Waals surface area contributed by atoms with Crippen LogP contribution in [-0.2, 0) is 20.6 Å². The van der Waals surface area contributed by atoms with Gasteiger partial charge in [0, 0.05) is 13.5 Å². The van der Waals surface area contributed by atoms with Gasteiger partial charge in [0.05, 0.1) is 14.2 Å². The van der Waals surface area contributed by atoms with Crippen LogP contribution in [0.3, 0.4) is 0 Å². The molecule has 21 heavy (non-hydrogen) atoms. The Morgan fingerprint density at radius 2 is 1.62 bits per heavy atom. The lowest BCUT2D eigenvalue weighted by Crippen LogP contribution is -2.17. The number of phenolic OH excluding ortho intramolecular Hbond substituents is 2. The normalized spacial score (nSPS) is 11.8. The summed E-state index contributed by atoms with van der Waals surface area (Å²) in [4.78, 5) is 23.3. The van der Waals surface area contributed by atoms with Crippen LogP contribution >= 0.6 is 0 Å². The van der Waals surface area contributed by atoms with Crippen molar-refractivity contribution in [3.63, 3.8) is 0 Å². The molecule has 3 N–H and O–H groups in total. The van der Waals surface area contributed by atoms with Gasteiger partial charge in [0.25, 0.3) is 0 Å². The van der Waals surface area contributed by atoms with E-state index in [0.717, 1.165) is 20.3 Å². The van der Waals surface area contributed by atoms with Crippen molar-refractivity contribution < 1.29 is 39.1 Å². The van der Waals surface area contributed by atoms with Crippen LogP contribution in [0, 0.1) is 0 Å². The van der Waals surface area contributed by atoms with Crippen LogP contribution in [0.1, 0.15) is 26.3 Å². The van der Waals surface area contributed by atoms with Crippen molar-refractivity contribution in [2.75, 3.05) is 21.3 Å². The molecular weight excluding hydrogens is 284 g/mol. The monoisotopic (exact) mass is 300 g/mol. The number of carbonyl (C=O) groups is 2. The van der Waals surface area contributed by atoms with Gasteiger partial charge < -0.3 is 29.5 Å². The van der Waals surface area contributed by atoms with Crippen molar-refractivity contribution >= 4 is 11.9 Å². The Labute approximate surface area is 120 Å². The van der Waals surface area contributed by atoms with E-state index in [0.29, 0.717) is 0 Å². The Balaban J connectivity index is 3.52. The molecule has 0 aromatic heterocycles. The third kappa shape index (κ3) is 3.41. The first-order valence-corrected chi connectivity index (χ1v) is 5.82. The standard InChI is InChI=1S/C13H16O8/c1-19-8(15)5-6-4-7(14)10(13(18)21-3)11(16)9(6)12(17)20-2/h4,8,14-16H,5H2,1-3H3. The number of aliphatic hydroxyl groups is 1. The zero-order valence-corrected chi connectivity index (χ0v) is 11.7. The molecule has 0 heterocycles. The van der Waals surface area contributed by atoms with Crippen LogP contribution in [0.4, 0.5) is 0 Å². The molecule has 0 aliphatic heterocycles. The number of aliphatic hydroxyl groups excluding tert-OH is 1. The van der Waals surface area contributed by atoms with Gasteiger partial charge in [0.2, 0.25) is 0 Å². The largest absolute Gasteiger partial charge is 0.507 e. The van der Waals surface area contributed by atoms with E-state index >= 15 is 0 Å². The number of hydrogen-bond acceptors (Lipinski definition) is 8. The smallest absolute Gasteiger partial charge is 0.345 e. The van der Waals surface area contributed by atoms with Crippen molar-refractivity contribution in [1.29, 1.82) is 0 Å². The first-order chi connectivity index (χ1) is 9.87. The number of rotatable bonds is 5. The first-order valence-electron chi connectivity index (χ1n) is 5.82. The van der Waals surface area contributed by atoms with E-state index in [2.05, 4.69) is 14.2 Å². The highest BCUT2D eigenvalue weighted by atomic mass is 16.6. The average Bonchev–Trinajstić information content (AvgIpc) is 2.45. The van der Waals surface area contributed by atoms with Gasteiger partial charge >= 0.3 is 11.9 Å². The van der Waals surface area contributed by atoms with Crippen LogP contribution in [-0.4, -0.2) is 54.9 Å². The van der Waals surface area contributed by atoms with Gasteiger partial charge in [-0.2, -0.15) is 0 Å². The molecule has 0 bridgehead atoms. The number of aromatic hydroxyl groups is 2. The number of phenols is 2. The maximum Gasteiger partial charge on any atom is 0.345 e. The highest BCUT2D eigenvalue weighted by Crippen LogP contribution is 2.35. The summed E-state index contributed by atoms with van der Waals surface area (Å²) in [5.41, 5.74) is -0.862. The van der Waals surface area contributed by atoms with E-state index in [9.17, 15) is 24.9 Å². The van der Waals surface area contributed by atoms with E-state index in [1.165, 1.54) is 7.11 Å². The second-order valence-corrected chi connectivity index (χ2v) is 4.03. The second-order valence-electron chi connectivity index (χ2n) is 4.03. The Hall–Kier alpha value is -2.32. The Kier molecular flexibility index (Phi) is 5.51. The quantitative estimate of drug-likeness (QED) is 0.520. The number of methoxy groups -OCH3 is 3. The number of hydrogen-bond donors (Lipinski definition) is 3. The summed E-state index contributed by atoms with van der Waals surface area (Å²) in [5, 5.41) is 29.3. The summed E-state index contributed by atoms with van der Waals surface area (Å²) in [5.74, 6) is -3.33. The lowest BCUT2D eigenvalue weighted by atomic mass is 9.98. The van der Waals surface area contributed by atoms with Gasteiger partial charge in [-0.1, -0.05) is 0 Å². The highest BCUT2D eigenvalue weighted by molar-refractivity contribution is 6.03. The predicted octanol–water partition coefficient (Wildman–Crippen LogP) is 0.178. The molecule has 1 atom stereocenters. The third-order valence-electron chi connectivity index (χ3n) is 2.81. The highest BCUT2D eigenvalue weighted by Gasteiger charge is 2.28. The van der Waals surface area contributed by atoms with Crippen molar-refractivity contribution in [2.24, 2.45) is 0 Å². The minimum absolute atomic E-state index is 0.0545. The molecule has 0 spiro atoms. The zero-order valence-electron chi connectivity index (χ0n) is 11.7. The van der Waals surface area contributed by atoms with Crippen molar-refractivity contribution in [2.45, 2.75) is 12.7 Å². The molecule has 116 valence electrons. The van der Waals surface area contributed by atoms with Crippen LogP contribution in [0.25, 0.3) is 0 Å². The molecule has 1 unspecified atom stereocenters. The van der Waals surface area contributed by atoms with E-state index in [1.807, 2.05) is 0 Å². The summed E-state index contributed by atoms with van der Waals surface area (Å²) < 4.78 is 13.6. The SMILES string of the molecule is COC(=O)c1c(O)cc(CC(O)OC)c(C(=O)OC)c1O. The molecule has 0 amide bonds. The van der Waals surface area contributed by atoms with Crippen molar-refractivity contribution in [3.8, 4) is 11.5 Å². The molecule has 0 aliphatic rings. The second kappa shape index (κ2) is 6.91. The lowest BCUT2D eigenvalue weighted by Gasteiger charge is -2.16. The van der Waals surface area contributed by atoms with Crippen molar-refractivity contribution in [3.05, 3.63) is 22.8 Å². The van der Waals surface area contributed by atoms with Crippen LogP contribution in [0.5, 0.6) is 11.5 Å². The minimum Gasteiger partial charge on any atom is -0.507 e. The van der Waals surface area contributed by atoms with Gasteiger partial charge in [0.15, 0.2) is 6.29 Å². The lowest BCUT2D eigenvalue weighted by molar-refractivity contribution is -0.0721. The topological polar surface area (TPSA) is 123 Å². The number of benzene rings is 1. The van der Waals surface area contributed by atoms with E-state index < -0.39 is 35.3 Å². The molecule has 0 saturated carbocycles. The summed E-state index contributed by atoms with van der Waals surface area (Å²) >= 11 is 0. The van der Waals surface area contributed by atoms with Gasteiger partial charge in [0.1, 0.15) is 22.6 Å². The Morgan fingerprint density at radius 3 is 2.10 bits per heavy atom. The third-order valence-corrected chi connectivity index (χ3v) is 2.81. The summed E-state index contributed by atoms with van der Waals surface area (Å²) in [7, 11) is 3.38.